The molecule has 0 aliphatic heterocycles. The first-order valence-corrected chi connectivity index (χ1v) is 6.38. The molecule has 0 saturated carbocycles. The minimum Gasteiger partial charge on any atom is -0.376 e. The highest BCUT2D eigenvalue weighted by molar-refractivity contribution is 9.10. The number of nitrogens with one attached hydrogen (secondary N) is 1. The highest BCUT2D eigenvalue weighted by Crippen LogP contribution is 2.25. The summed E-state index contributed by atoms with van der Waals surface area (Å²) in [6, 6.07) is 8.59. The van der Waals surface area contributed by atoms with Gasteiger partial charge in [0.05, 0.1) is 17.1 Å². The Balaban J connectivity index is 2.20. The molecule has 0 aliphatic carbocycles. The summed E-state index contributed by atoms with van der Waals surface area (Å²) in [5, 5.41) is 13.1. The highest BCUT2D eigenvalue weighted by Gasteiger charge is 2.16. The summed E-state index contributed by atoms with van der Waals surface area (Å²) < 4.78 is 28.1. The van der Waals surface area contributed by atoms with Gasteiger partial charge in [0, 0.05) is 11.0 Å². The minimum absolute atomic E-state index is 0.199. The number of nitro benzene ring substituents is 1. The molecule has 0 saturated heterocycles. The summed E-state index contributed by atoms with van der Waals surface area (Å²) in [5.74, 6) is -1.99. The summed E-state index contributed by atoms with van der Waals surface area (Å²) in [7, 11) is 0. The lowest BCUT2D eigenvalue weighted by atomic mass is 10.2. The zero-order valence-electron chi connectivity index (χ0n) is 10.1. The lowest BCUT2D eigenvalue weighted by Gasteiger charge is -2.09. The topological polar surface area (TPSA) is 55.2 Å². The van der Waals surface area contributed by atoms with Gasteiger partial charge in [-0.05, 0) is 17.7 Å². The first kappa shape index (κ1) is 14.4. The second-order valence-electron chi connectivity index (χ2n) is 4.02. The molecule has 0 spiro atoms. The Hall–Kier alpha value is -2.02. The first-order chi connectivity index (χ1) is 9.47. The Morgan fingerprint density at radius 2 is 1.85 bits per heavy atom. The van der Waals surface area contributed by atoms with Gasteiger partial charge in [-0.15, -0.1) is 0 Å². The summed E-state index contributed by atoms with van der Waals surface area (Å²) >= 11 is 3.29. The van der Waals surface area contributed by atoms with Gasteiger partial charge in [0.2, 0.25) is 0 Å². The van der Waals surface area contributed by atoms with Gasteiger partial charge < -0.3 is 5.32 Å². The number of halogens is 3. The predicted octanol–water partition coefficient (Wildman–Crippen LogP) is 4.25. The largest absolute Gasteiger partial charge is 0.376 e. The average Bonchev–Trinajstić information content (AvgIpc) is 2.37. The van der Waals surface area contributed by atoms with E-state index in [0.717, 1.165) is 10.0 Å². The Morgan fingerprint density at radius 1 is 1.20 bits per heavy atom. The molecule has 2 rings (SSSR count). The van der Waals surface area contributed by atoms with Crippen LogP contribution in [0.1, 0.15) is 5.56 Å². The van der Waals surface area contributed by atoms with Crippen LogP contribution >= 0.6 is 15.9 Å². The molecule has 104 valence electrons. The van der Waals surface area contributed by atoms with Gasteiger partial charge in [0.15, 0.2) is 11.6 Å². The lowest BCUT2D eigenvalue weighted by molar-refractivity contribution is -0.385. The van der Waals surface area contributed by atoms with Crippen LogP contribution in [0.2, 0.25) is 0 Å². The molecule has 7 heteroatoms. The Morgan fingerprint density at radius 3 is 2.40 bits per heavy atom. The van der Waals surface area contributed by atoms with Crippen LogP contribution in [0.15, 0.2) is 40.9 Å². The van der Waals surface area contributed by atoms with Gasteiger partial charge >= 0.3 is 0 Å². The zero-order valence-corrected chi connectivity index (χ0v) is 11.7. The lowest BCUT2D eigenvalue weighted by Crippen LogP contribution is -2.05. The second kappa shape index (κ2) is 5.96. The van der Waals surface area contributed by atoms with E-state index in [1.54, 1.807) is 18.2 Å². The van der Waals surface area contributed by atoms with E-state index in [-0.39, 0.29) is 12.2 Å². The monoisotopic (exact) mass is 342 g/mol. The molecule has 0 aliphatic rings. The number of benzene rings is 2. The van der Waals surface area contributed by atoms with E-state index in [2.05, 4.69) is 21.2 Å². The van der Waals surface area contributed by atoms with Crippen molar-refractivity contribution in [3.05, 3.63) is 68.2 Å². The van der Waals surface area contributed by atoms with Gasteiger partial charge in [0.25, 0.3) is 5.69 Å². The Kier molecular flexibility index (Phi) is 4.29. The number of rotatable bonds is 4. The maximum Gasteiger partial charge on any atom is 0.275 e. The number of nitro groups is 1. The molecule has 0 atom stereocenters. The predicted molar refractivity (Wildman–Crippen MR) is 74.5 cm³/mol. The van der Waals surface area contributed by atoms with Crippen molar-refractivity contribution in [1.29, 1.82) is 0 Å². The van der Waals surface area contributed by atoms with Gasteiger partial charge in [-0.3, -0.25) is 10.1 Å². The molecule has 0 fully saturated rings. The molecule has 2 aromatic rings. The maximum atomic E-state index is 13.6. The van der Waals surface area contributed by atoms with Gasteiger partial charge in [-0.1, -0.05) is 28.1 Å². The van der Waals surface area contributed by atoms with E-state index in [0.29, 0.717) is 12.1 Å². The fourth-order valence-electron chi connectivity index (χ4n) is 1.67. The molecular formula is C13H9BrF2N2O2. The fourth-order valence-corrected chi connectivity index (χ4v) is 2.12. The number of non-ortho nitro benzene ring substituents is 1. The van der Waals surface area contributed by atoms with Crippen molar-refractivity contribution in [2.75, 3.05) is 5.32 Å². The smallest absolute Gasteiger partial charge is 0.275 e. The summed E-state index contributed by atoms with van der Waals surface area (Å²) in [5.41, 5.74) is -0.180. The minimum atomic E-state index is -0.994. The number of hydrogen-bond acceptors (Lipinski definition) is 3. The normalized spacial score (nSPS) is 10.3. The Bertz CT molecular complexity index is 642. The molecule has 2 aromatic carbocycles. The maximum absolute atomic E-state index is 13.6. The van der Waals surface area contributed by atoms with E-state index in [9.17, 15) is 18.9 Å². The van der Waals surface area contributed by atoms with Crippen molar-refractivity contribution in [1.82, 2.24) is 0 Å². The van der Waals surface area contributed by atoms with Crippen LogP contribution in [-0.4, -0.2) is 4.92 Å². The molecule has 0 heterocycles. The van der Waals surface area contributed by atoms with Crippen LogP contribution in [0.5, 0.6) is 0 Å². The van der Waals surface area contributed by atoms with E-state index in [4.69, 9.17) is 0 Å². The van der Waals surface area contributed by atoms with Crippen molar-refractivity contribution in [3.8, 4) is 0 Å². The third-order valence-electron chi connectivity index (χ3n) is 2.60. The molecule has 0 aromatic heterocycles. The number of anilines is 1. The summed E-state index contributed by atoms with van der Waals surface area (Å²) in [4.78, 5) is 9.64. The summed E-state index contributed by atoms with van der Waals surface area (Å²) in [6.45, 7) is 0.199. The molecule has 0 bridgehead atoms. The SMILES string of the molecule is O=[N+]([O-])c1cc(F)c(NCc2cccc(Br)c2)c(F)c1. The summed E-state index contributed by atoms with van der Waals surface area (Å²) in [6.07, 6.45) is 0. The number of hydrogen-bond donors (Lipinski definition) is 1. The van der Waals surface area contributed by atoms with Crippen molar-refractivity contribution < 1.29 is 13.7 Å². The van der Waals surface area contributed by atoms with Gasteiger partial charge in [0.1, 0.15) is 5.69 Å². The Labute approximate surface area is 121 Å². The van der Waals surface area contributed by atoms with Crippen molar-refractivity contribution in [3.63, 3.8) is 0 Å². The molecule has 1 N–H and O–H groups in total. The van der Waals surface area contributed by atoms with Gasteiger partial charge in [-0.2, -0.15) is 0 Å². The molecule has 0 unspecified atom stereocenters. The molecule has 0 amide bonds. The van der Waals surface area contributed by atoms with E-state index < -0.39 is 22.2 Å². The van der Waals surface area contributed by atoms with Gasteiger partial charge in [-0.25, -0.2) is 8.78 Å². The van der Waals surface area contributed by atoms with Crippen molar-refractivity contribution >= 4 is 27.3 Å². The van der Waals surface area contributed by atoms with Crippen LogP contribution in [0.4, 0.5) is 20.2 Å². The standard InChI is InChI=1S/C13H9BrF2N2O2/c14-9-3-1-2-8(4-9)7-17-13-11(15)5-10(18(19)20)6-12(13)16/h1-6,17H,7H2. The molecular weight excluding hydrogens is 334 g/mol. The van der Waals surface area contributed by atoms with E-state index in [1.807, 2.05) is 6.07 Å². The number of nitrogens with zero attached hydrogens (tertiary/aromatic N) is 1. The first-order valence-electron chi connectivity index (χ1n) is 5.59. The third kappa shape index (κ3) is 3.30. The molecule has 0 radical (unpaired) electrons. The average molecular weight is 343 g/mol. The van der Waals surface area contributed by atoms with Crippen LogP contribution in [0, 0.1) is 21.7 Å². The van der Waals surface area contributed by atoms with Crippen LogP contribution in [-0.2, 0) is 6.54 Å². The van der Waals surface area contributed by atoms with Crippen LogP contribution in [0.3, 0.4) is 0 Å². The molecule has 20 heavy (non-hydrogen) atoms. The molecule has 4 nitrogen and oxygen atoms in total. The van der Waals surface area contributed by atoms with Crippen LogP contribution < -0.4 is 5.32 Å². The van der Waals surface area contributed by atoms with Crippen molar-refractivity contribution in [2.45, 2.75) is 6.54 Å². The fraction of sp³-hybridized carbons (Fsp3) is 0.0769. The van der Waals surface area contributed by atoms with E-state index in [1.165, 1.54) is 0 Å². The van der Waals surface area contributed by atoms with Crippen LogP contribution in [0.25, 0.3) is 0 Å². The second-order valence-corrected chi connectivity index (χ2v) is 4.94. The highest BCUT2D eigenvalue weighted by atomic mass is 79.9. The van der Waals surface area contributed by atoms with E-state index >= 15 is 0 Å². The zero-order chi connectivity index (χ0) is 14.7. The van der Waals surface area contributed by atoms with Crippen molar-refractivity contribution in [2.24, 2.45) is 0 Å². The third-order valence-corrected chi connectivity index (χ3v) is 3.09. The quantitative estimate of drug-likeness (QED) is 0.667.